The highest BCUT2D eigenvalue weighted by atomic mass is 32.2. The van der Waals surface area contributed by atoms with Crippen LogP contribution in [0.2, 0.25) is 0 Å². The van der Waals surface area contributed by atoms with Gasteiger partial charge in [-0.15, -0.1) is 11.3 Å². The fraction of sp³-hybridized carbons (Fsp3) is 0.600. The summed E-state index contributed by atoms with van der Waals surface area (Å²) in [6.45, 7) is 7.02. The lowest BCUT2D eigenvalue weighted by Crippen LogP contribution is -2.22. The lowest BCUT2D eigenvalue weighted by Gasteiger charge is -2.05. The number of thiophene rings is 1. The molecule has 6 heteroatoms. The maximum atomic E-state index is 11.7. The molecule has 16 heavy (non-hydrogen) atoms. The number of hydrogen-bond acceptors (Lipinski definition) is 4. The van der Waals surface area contributed by atoms with Gasteiger partial charge >= 0.3 is 0 Å². The van der Waals surface area contributed by atoms with Gasteiger partial charge in [0, 0.05) is 24.0 Å². The van der Waals surface area contributed by atoms with Crippen molar-refractivity contribution in [2.45, 2.75) is 37.6 Å². The molecule has 0 aliphatic heterocycles. The van der Waals surface area contributed by atoms with Crippen molar-refractivity contribution in [3.63, 3.8) is 0 Å². The first-order valence-electron chi connectivity index (χ1n) is 5.27. The normalized spacial score (nSPS) is 12.2. The summed E-state index contributed by atoms with van der Waals surface area (Å²) < 4.78 is 26.2. The second-order valence-corrected chi connectivity index (χ2v) is 6.92. The molecule has 0 unspecified atom stereocenters. The summed E-state index contributed by atoms with van der Waals surface area (Å²) in [6, 6.07) is 3.90. The van der Waals surface area contributed by atoms with Crippen molar-refractivity contribution in [1.82, 2.24) is 10.0 Å². The molecule has 0 atom stereocenters. The predicted octanol–water partition coefficient (Wildman–Crippen LogP) is 1.54. The minimum atomic E-state index is -3.29. The van der Waals surface area contributed by atoms with Crippen LogP contribution in [0.4, 0.5) is 0 Å². The molecule has 0 aliphatic carbocycles. The van der Waals surface area contributed by atoms with Crippen LogP contribution in [0.5, 0.6) is 0 Å². The highest BCUT2D eigenvalue weighted by molar-refractivity contribution is 7.91. The van der Waals surface area contributed by atoms with E-state index in [1.54, 1.807) is 13.0 Å². The van der Waals surface area contributed by atoms with E-state index >= 15 is 0 Å². The monoisotopic (exact) mass is 262 g/mol. The van der Waals surface area contributed by atoms with E-state index in [1.807, 2.05) is 6.07 Å². The Labute approximate surface area is 101 Å². The Kier molecular flexibility index (Phi) is 4.91. The minimum Gasteiger partial charge on any atom is -0.310 e. The van der Waals surface area contributed by atoms with Crippen molar-refractivity contribution in [3.8, 4) is 0 Å². The average molecular weight is 262 g/mol. The molecular formula is C10H18N2O2S2. The molecule has 0 saturated carbocycles. The summed E-state index contributed by atoms with van der Waals surface area (Å²) in [5.74, 6) is 0. The molecule has 0 bridgehead atoms. The van der Waals surface area contributed by atoms with Crippen molar-refractivity contribution in [2.75, 3.05) is 6.54 Å². The molecule has 1 aromatic rings. The zero-order valence-electron chi connectivity index (χ0n) is 9.78. The van der Waals surface area contributed by atoms with Crippen LogP contribution in [-0.4, -0.2) is 21.0 Å². The summed E-state index contributed by atoms with van der Waals surface area (Å²) in [4.78, 5) is 1.03. The van der Waals surface area contributed by atoms with Crippen LogP contribution in [0.1, 0.15) is 25.6 Å². The van der Waals surface area contributed by atoms with Gasteiger partial charge in [-0.05, 0) is 12.1 Å². The maximum absolute atomic E-state index is 11.7. The molecule has 0 spiro atoms. The Morgan fingerprint density at radius 2 is 2.06 bits per heavy atom. The van der Waals surface area contributed by atoms with E-state index in [2.05, 4.69) is 23.9 Å². The second-order valence-electron chi connectivity index (χ2n) is 3.76. The van der Waals surface area contributed by atoms with Gasteiger partial charge < -0.3 is 5.32 Å². The fourth-order valence-corrected chi connectivity index (χ4v) is 3.56. The van der Waals surface area contributed by atoms with Gasteiger partial charge in [0.1, 0.15) is 4.21 Å². The molecule has 1 aromatic heterocycles. The SMILES string of the molecule is CCNS(=O)(=O)c1ccc(CNC(C)C)s1. The average Bonchev–Trinajstić information content (AvgIpc) is 2.63. The fourth-order valence-electron chi connectivity index (χ4n) is 1.16. The first kappa shape index (κ1) is 13.6. The van der Waals surface area contributed by atoms with Crippen LogP contribution >= 0.6 is 11.3 Å². The van der Waals surface area contributed by atoms with Crippen molar-refractivity contribution < 1.29 is 8.42 Å². The third-order valence-corrected chi connectivity index (χ3v) is 5.04. The number of sulfonamides is 1. The molecule has 0 amide bonds. The van der Waals surface area contributed by atoms with Gasteiger partial charge in [0.15, 0.2) is 0 Å². The molecule has 92 valence electrons. The van der Waals surface area contributed by atoms with Crippen LogP contribution < -0.4 is 10.0 Å². The third-order valence-electron chi connectivity index (χ3n) is 1.92. The third kappa shape index (κ3) is 3.86. The zero-order chi connectivity index (χ0) is 12.2. The summed E-state index contributed by atoms with van der Waals surface area (Å²) in [6.07, 6.45) is 0. The standard InChI is InChI=1S/C10H18N2O2S2/c1-4-12-16(13,14)10-6-5-9(15-10)7-11-8(2)3/h5-6,8,11-12H,4,7H2,1-3H3. The summed E-state index contributed by atoms with van der Waals surface area (Å²) in [5.41, 5.74) is 0. The Bertz CT molecular complexity index is 424. The molecule has 1 heterocycles. The lowest BCUT2D eigenvalue weighted by molar-refractivity contribution is 0.586. The van der Waals surface area contributed by atoms with Crippen molar-refractivity contribution in [2.24, 2.45) is 0 Å². The van der Waals surface area contributed by atoms with E-state index in [0.29, 0.717) is 23.3 Å². The Hall–Kier alpha value is -0.430. The maximum Gasteiger partial charge on any atom is 0.250 e. The Morgan fingerprint density at radius 1 is 1.38 bits per heavy atom. The zero-order valence-corrected chi connectivity index (χ0v) is 11.4. The minimum absolute atomic E-state index is 0.384. The van der Waals surface area contributed by atoms with Crippen LogP contribution in [0, 0.1) is 0 Å². The number of nitrogens with one attached hydrogen (secondary N) is 2. The molecule has 0 saturated heterocycles. The molecule has 4 nitrogen and oxygen atoms in total. The van der Waals surface area contributed by atoms with Gasteiger partial charge in [0.25, 0.3) is 0 Å². The van der Waals surface area contributed by atoms with Gasteiger partial charge in [-0.2, -0.15) is 0 Å². The van der Waals surface area contributed by atoms with E-state index < -0.39 is 10.0 Å². The highest BCUT2D eigenvalue weighted by Gasteiger charge is 2.15. The summed E-state index contributed by atoms with van der Waals surface area (Å²) in [7, 11) is -3.29. The van der Waals surface area contributed by atoms with E-state index in [9.17, 15) is 8.42 Å². The van der Waals surface area contributed by atoms with Gasteiger partial charge in [-0.25, -0.2) is 13.1 Å². The van der Waals surface area contributed by atoms with Gasteiger partial charge in [-0.1, -0.05) is 20.8 Å². The van der Waals surface area contributed by atoms with Crippen LogP contribution in [0.15, 0.2) is 16.3 Å². The van der Waals surface area contributed by atoms with Gasteiger partial charge in [0.2, 0.25) is 10.0 Å². The number of rotatable bonds is 6. The topological polar surface area (TPSA) is 58.2 Å². The van der Waals surface area contributed by atoms with Crippen molar-refractivity contribution in [1.29, 1.82) is 0 Å². The van der Waals surface area contributed by atoms with E-state index in [0.717, 1.165) is 4.88 Å². The van der Waals surface area contributed by atoms with Crippen LogP contribution in [0.25, 0.3) is 0 Å². The lowest BCUT2D eigenvalue weighted by atomic mass is 10.4. The summed E-state index contributed by atoms with van der Waals surface area (Å²) in [5, 5.41) is 3.25. The Morgan fingerprint density at radius 3 is 2.62 bits per heavy atom. The van der Waals surface area contributed by atoms with Crippen LogP contribution in [-0.2, 0) is 16.6 Å². The summed E-state index contributed by atoms with van der Waals surface area (Å²) >= 11 is 1.31. The van der Waals surface area contributed by atoms with Crippen molar-refractivity contribution in [3.05, 3.63) is 17.0 Å². The van der Waals surface area contributed by atoms with E-state index in [4.69, 9.17) is 0 Å². The van der Waals surface area contributed by atoms with Gasteiger partial charge in [-0.3, -0.25) is 0 Å². The van der Waals surface area contributed by atoms with Crippen molar-refractivity contribution >= 4 is 21.4 Å². The smallest absolute Gasteiger partial charge is 0.250 e. The second kappa shape index (κ2) is 5.77. The van der Waals surface area contributed by atoms with Gasteiger partial charge in [0.05, 0.1) is 0 Å². The highest BCUT2D eigenvalue weighted by Crippen LogP contribution is 2.21. The van der Waals surface area contributed by atoms with Crippen LogP contribution in [0.3, 0.4) is 0 Å². The largest absolute Gasteiger partial charge is 0.310 e. The first-order chi connectivity index (χ1) is 7.45. The molecule has 1 rings (SSSR count). The molecule has 2 N–H and O–H groups in total. The molecule has 0 aliphatic rings. The predicted molar refractivity (Wildman–Crippen MR) is 67.2 cm³/mol. The Balaban J connectivity index is 2.71. The quantitative estimate of drug-likeness (QED) is 0.817. The molecule has 0 radical (unpaired) electrons. The molecular weight excluding hydrogens is 244 g/mol. The first-order valence-corrected chi connectivity index (χ1v) is 7.57. The van der Waals surface area contributed by atoms with E-state index in [1.165, 1.54) is 11.3 Å². The molecule has 0 fully saturated rings. The molecule has 0 aromatic carbocycles. The number of hydrogen-bond donors (Lipinski definition) is 2. The van der Waals surface area contributed by atoms with E-state index in [-0.39, 0.29) is 0 Å².